The number of halogens is 1. The molecule has 0 amide bonds. The minimum atomic E-state index is -0.564. The molecule has 4 heteroatoms. The lowest BCUT2D eigenvalue weighted by molar-refractivity contribution is -0.161. The van der Waals surface area contributed by atoms with Crippen LogP contribution in [0.15, 0.2) is 18.2 Å². The average Bonchev–Trinajstić information content (AvgIpc) is 3.14. The van der Waals surface area contributed by atoms with Crippen molar-refractivity contribution in [2.45, 2.75) is 52.1 Å². The lowest BCUT2D eigenvalue weighted by Crippen LogP contribution is -2.31. The normalized spacial score (nSPS) is 16.6. The molecule has 0 aliphatic heterocycles. The van der Waals surface area contributed by atoms with Gasteiger partial charge < -0.3 is 9.84 Å². The van der Waals surface area contributed by atoms with Gasteiger partial charge in [-0.25, -0.2) is 4.39 Å². The molecule has 0 atom stereocenters. The van der Waals surface area contributed by atoms with E-state index in [0.717, 1.165) is 12.8 Å². The molecule has 1 fully saturated rings. The van der Waals surface area contributed by atoms with Gasteiger partial charge in [-0.05, 0) is 57.6 Å². The number of hydrogen-bond donors (Lipinski definition) is 1. The van der Waals surface area contributed by atoms with Crippen molar-refractivity contribution in [3.63, 3.8) is 0 Å². The summed E-state index contributed by atoms with van der Waals surface area (Å²) in [5.41, 5.74) is -0.0603. The van der Waals surface area contributed by atoms with Gasteiger partial charge in [0.2, 0.25) is 0 Å². The first-order chi connectivity index (χ1) is 9.77. The second kappa shape index (κ2) is 5.76. The van der Waals surface area contributed by atoms with Gasteiger partial charge in [-0.2, -0.15) is 0 Å². The second-order valence-corrected chi connectivity index (χ2v) is 6.82. The van der Waals surface area contributed by atoms with Crippen molar-refractivity contribution < 1.29 is 19.0 Å². The van der Waals surface area contributed by atoms with E-state index in [1.165, 1.54) is 0 Å². The maximum atomic E-state index is 14.4. The number of aliphatic hydroxyl groups excluding tert-OH is 1. The molecule has 1 aromatic carbocycles. The number of carbonyl (C=O) groups excluding carboxylic acids is 1. The highest BCUT2D eigenvalue weighted by Gasteiger charge is 2.52. The van der Waals surface area contributed by atoms with Gasteiger partial charge in [0.05, 0.1) is 5.41 Å². The van der Waals surface area contributed by atoms with Crippen LogP contribution in [0.5, 0.6) is 0 Å². The van der Waals surface area contributed by atoms with Gasteiger partial charge in [0.15, 0.2) is 0 Å². The lowest BCUT2D eigenvalue weighted by atomic mass is 9.94. The van der Waals surface area contributed by atoms with E-state index < -0.39 is 11.0 Å². The zero-order valence-corrected chi connectivity index (χ0v) is 12.9. The molecule has 1 aliphatic rings. The number of carbonyl (C=O) groups is 1. The van der Waals surface area contributed by atoms with Gasteiger partial charge in [0, 0.05) is 6.61 Å². The molecule has 0 radical (unpaired) electrons. The van der Waals surface area contributed by atoms with Crippen LogP contribution < -0.4 is 0 Å². The fourth-order valence-electron chi connectivity index (χ4n) is 2.44. The molecule has 0 aromatic heterocycles. The van der Waals surface area contributed by atoms with Crippen LogP contribution in [0.1, 0.15) is 44.7 Å². The summed E-state index contributed by atoms with van der Waals surface area (Å²) in [6.07, 6.45) is 2.14. The van der Waals surface area contributed by atoms with E-state index >= 15 is 0 Å². The third-order valence-electron chi connectivity index (χ3n) is 3.75. The van der Waals surface area contributed by atoms with Crippen molar-refractivity contribution in [2.24, 2.45) is 5.41 Å². The summed E-state index contributed by atoms with van der Waals surface area (Å²) in [7, 11) is 0. The SMILES string of the molecule is CC(C)(C)OC(=O)C1(Cc2cccc(CCO)c2F)CC1. The van der Waals surface area contributed by atoms with E-state index in [1.807, 2.05) is 20.8 Å². The molecular formula is C17H23FO3. The molecule has 1 aliphatic carbocycles. The third-order valence-corrected chi connectivity index (χ3v) is 3.75. The van der Waals surface area contributed by atoms with Crippen LogP contribution in [0.25, 0.3) is 0 Å². The Labute approximate surface area is 125 Å². The molecule has 1 N–H and O–H groups in total. The van der Waals surface area contributed by atoms with E-state index in [9.17, 15) is 9.18 Å². The Bertz CT molecular complexity index is 527. The van der Waals surface area contributed by atoms with Gasteiger partial charge in [-0.3, -0.25) is 4.79 Å². The quantitative estimate of drug-likeness (QED) is 0.849. The molecule has 3 nitrogen and oxygen atoms in total. The Morgan fingerprint density at radius 1 is 1.33 bits per heavy atom. The summed E-state index contributed by atoms with van der Waals surface area (Å²) in [5.74, 6) is -0.539. The third kappa shape index (κ3) is 3.82. The summed E-state index contributed by atoms with van der Waals surface area (Å²) in [5, 5.41) is 8.95. The molecular weight excluding hydrogens is 271 g/mol. The first-order valence-electron chi connectivity index (χ1n) is 7.38. The molecule has 0 bridgehead atoms. The van der Waals surface area contributed by atoms with E-state index in [2.05, 4.69) is 0 Å². The van der Waals surface area contributed by atoms with Crippen LogP contribution >= 0.6 is 0 Å². The average molecular weight is 294 g/mol. The Kier molecular flexibility index (Phi) is 4.38. The summed E-state index contributed by atoms with van der Waals surface area (Å²) >= 11 is 0. The number of ether oxygens (including phenoxy) is 1. The maximum Gasteiger partial charge on any atom is 0.312 e. The molecule has 1 saturated carbocycles. The standard InChI is InChI=1S/C17H23FO3/c1-16(2,3)21-15(20)17(8-9-17)11-13-6-4-5-12(7-10-19)14(13)18/h4-6,19H,7-11H2,1-3H3. The number of rotatable bonds is 5. The van der Waals surface area contributed by atoms with Gasteiger partial charge >= 0.3 is 5.97 Å². The number of aliphatic hydroxyl groups is 1. The Balaban J connectivity index is 2.14. The van der Waals surface area contributed by atoms with E-state index in [1.54, 1.807) is 18.2 Å². The molecule has 116 valence electrons. The minimum absolute atomic E-state index is 0.0857. The Hall–Kier alpha value is -1.42. The van der Waals surface area contributed by atoms with E-state index in [0.29, 0.717) is 24.0 Å². The van der Waals surface area contributed by atoms with Crippen LogP contribution in [0, 0.1) is 11.2 Å². The topological polar surface area (TPSA) is 46.5 Å². The minimum Gasteiger partial charge on any atom is -0.460 e. The van der Waals surface area contributed by atoms with Crippen molar-refractivity contribution in [1.82, 2.24) is 0 Å². The maximum absolute atomic E-state index is 14.4. The fourth-order valence-corrected chi connectivity index (χ4v) is 2.44. The highest BCUT2D eigenvalue weighted by molar-refractivity contribution is 5.80. The van der Waals surface area contributed by atoms with E-state index in [4.69, 9.17) is 9.84 Å². The molecule has 0 unspecified atom stereocenters. The highest BCUT2D eigenvalue weighted by Crippen LogP contribution is 2.50. The van der Waals surface area contributed by atoms with Crippen LogP contribution in [0.3, 0.4) is 0 Å². The summed E-state index contributed by atoms with van der Waals surface area (Å²) in [4.78, 5) is 12.3. The monoisotopic (exact) mass is 294 g/mol. The highest BCUT2D eigenvalue weighted by atomic mass is 19.1. The molecule has 1 aromatic rings. The zero-order chi connectivity index (χ0) is 15.7. The lowest BCUT2D eigenvalue weighted by Gasteiger charge is -2.24. The smallest absolute Gasteiger partial charge is 0.312 e. The molecule has 0 spiro atoms. The molecule has 0 heterocycles. The first kappa shape index (κ1) is 16.0. The van der Waals surface area contributed by atoms with Crippen LogP contribution in [-0.4, -0.2) is 23.3 Å². The van der Waals surface area contributed by atoms with Crippen LogP contribution in [-0.2, 0) is 22.4 Å². The Morgan fingerprint density at radius 3 is 2.48 bits per heavy atom. The van der Waals surface area contributed by atoms with Crippen molar-refractivity contribution in [2.75, 3.05) is 6.61 Å². The van der Waals surface area contributed by atoms with Gasteiger partial charge in [-0.15, -0.1) is 0 Å². The van der Waals surface area contributed by atoms with Gasteiger partial charge in [0.25, 0.3) is 0 Å². The zero-order valence-electron chi connectivity index (χ0n) is 12.9. The number of benzene rings is 1. The van der Waals surface area contributed by atoms with Crippen molar-refractivity contribution in [3.8, 4) is 0 Å². The summed E-state index contributed by atoms with van der Waals surface area (Å²) < 4.78 is 19.8. The Morgan fingerprint density at radius 2 is 1.95 bits per heavy atom. The van der Waals surface area contributed by atoms with Gasteiger partial charge in [-0.1, -0.05) is 18.2 Å². The van der Waals surface area contributed by atoms with Crippen molar-refractivity contribution in [3.05, 3.63) is 35.1 Å². The van der Waals surface area contributed by atoms with Crippen molar-refractivity contribution in [1.29, 1.82) is 0 Å². The fraction of sp³-hybridized carbons (Fsp3) is 0.588. The van der Waals surface area contributed by atoms with Crippen LogP contribution in [0.2, 0.25) is 0 Å². The molecule has 0 saturated heterocycles. The van der Waals surface area contributed by atoms with Gasteiger partial charge in [0.1, 0.15) is 11.4 Å². The molecule has 2 rings (SSSR count). The number of hydrogen-bond acceptors (Lipinski definition) is 3. The first-order valence-corrected chi connectivity index (χ1v) is 7.38. The van der Waals surface area contributed by atoms with Crippen LogP contribution in [0.4, 0.5) is 4.39 Å². The molecule has 21 heavy (non-hydrogen) atoms. The summed E-state index contributed by atoms with van der Waals surface area (Å²) in [6.45, 7) is 5.42. The van der Waals surface area contributed by atoms with E-state index in [-0.39, 0.29) is 18.4 Å². The predicted molar refractivity (Wildman–Crippen MR) is 78.4 cm³/mol. The second-order valence-electron chi connectivity index (χ2n) is 6.82. The van der Waals surface area contributed by atoms with Crippen molar-refractivity contribution >= 4 is 5.97 Å². The summed E-state index contributed by atoms with van der Waals surface area (Å²) in [6, 6.07) is 5.15. The largest absolute Gasteiger partial charge is 0.460 e. The predicted octanol–water partition coefficient (Wildman–Crippen LogP) is 3.02. The number of esters is 1.